The molecule has 0 fully saturated rings. The number of primary sulfonamides is 1. The Bertz CT molecular complexity index is 672. The van der Waals surface area contributed by atoms with E-state index in [1.807, 2.05) is 0 Å². The molecule has 0 radical (unpaired) electrons. The van der Waals surface area contributed by atoms with Gasteiger partial charge in [0, 0.05) is 10.0 Å². The van der Waals surface area contributed by atoms with Crippen LogP contribution in [-0.4, -0.2) is 31.4 Å². The zero-order chi connectivity index (χ0) is 15.7. The topological polar surface area (TPSA) is 127 Å². The number of rotatable bonds is 4. The van der Waals surface area contributed by atoms with E-state index in [9.17, 15) is 18.0 Å². The predicted molar refractivity (Wildman–Crippen MR) is 74.8 cm³/mol. The molecule has 110 valence electrons. The Hall–Kier alpha value is -1.45. The molecule has 0 aliphatic rings. The number of nitrogens with two attached hydrogens (primary N) is 1. The minimum absolute atomic E-state index is 0.0384. The molecule has 4 N–H and O–H groups in total. The van der Waals surface area contributed by atoms with Crippen molar-refractivity contribution in [2.75, 3.05) is 0 Å². The fraction of sp³-hybridized carbons (Fsp3) is 0.273. The average Bonchev–Trinajstić information content (AvgIpc) is 2.29. The van der Waals surface area contributed by atoms with Crippen LogP contribution in [0.1, 0.15) is 22.8 Å². The summed E-state index contributed by atoms with van der Waals surface area (Å²) in [6.07, 6.45) is 0. The minimum atomic E-state index is -3.98. The molecule has 20 heavy (non-hydrogen) atoms. The van der Waals surface area contributed by atoms with Gasteiger partial charge in [-0.05, 0) is 31.5 Å². The van der Waals surface area contributed by atoms with Gasteiger partial charge < -0.3 is 10.4 Å². The number of sulfonamides is 1. The van der Waals surface area contributed by atoms with Gasteiger partial charge in [0.15, 0.2) is 0 Å². The first kappa shape index (κ1) is 16.6. The number of carboxylic acid groups (broad SMARTS) is 1. The van der Waals surface area contributed by atoms with Gasteiger partial charge in [0.2, 0.25) is 10.0 Å². The Balaban J connectivity index is 3.30. The summed E-state index contributed by atoms with van der Waals surface area (Å²) in [7, 11) is -3.98. The van der Waals surface area contributed by atoms with Crippen LogP contribution in [0.3, 0.4) is 0 Å². The van der Waals surface area contributed by atoms with E-state index in [1.54, 1.807) is 0 Å². The van der Waals surface area contributed by atoms with Gasteiger partial charge in [0.05, 0.1) is 4.90 Å². The maximum Gasteiger partial charge on any atom is 0.325 e. The number of hydrogen-bond donors (Lipinski definition) is 3. The Morgan fingerprint density at radius 3 is 2.40 bits per heavy atom. The second-order valence-electron chi connectivity index (χ2n) is 4.15. The van der Waals surface area contributed by atoms with Crippen molar-refractivity contribution in [2.24, 2.45) is 5.14 Å². The van der Waals surface area contributed by atoms with Crippen molar-refractivity contribution in [3.05, 3.63) is 27.7 Å². The van der Waals surface area contributed by atoms with Crippen molar-refractivity contribution in [3.63, 3.8) is 0 Å². The van der Waals surface area contributed by atoms with Gasteiger partial charge >= 0.3 is 5.97 Å². The molecule has 0 aromatic heterocycles. The molecule has 0 bridgehead atoms. The van der Waals surface area contributed by atoms with Gasteiger partial charge in [0.25, 0.3) is 5.91 Å². The van der Waals surface area contributed by atoms with Crippen LogP contribution in [0.25, 0.3) is 0 Å². The monoisotopic (exact) mass is 364 g/mol. The van der Waals surface area contributed by atoms with Gasteiger partial charge in [-0.1, -0.05) is 15.9 Å². The highest BCUT2D eigenvalue weighted by atomic mass is 79.9. The summed E-state index contributed by atoms with van der Waals surface area (Å²) in [4.78, 5) is 22.5. The van der Waals surface area contributed by atoms with Crippen LogP contribution in [0, 0.1) is 6.92 Å². The zero-order valence-corrected chi connectivity index (χ0v) is 13.1. The number of hydrogen-bond acceptors (Lipinski definition) is 4. The Morgan fingerprint density at radius 2 is 1.95 bits per heavy atom. The van der Waals surface area contributed by atoms with Gasteiger partial charge in [-0.3, -0.25) is 9.59 Å². The Kier molecular flexibility index (Phi) is 4.90. The maximum absolute atomic E-state index is 12.0. The lowest BCUT2D eigenvalue weighted by Gasteiger charge is -2.13. The lowest BCUT2D eigenvalue weighted by molar-refractivity contribution is -0.138. The first-order valence-electron chi connectivity index (χ1n) is 5.40. The number of amides is 1. The van der Waals surface area contributed by atoms with Crippen LogP contribution in [0.2, 0.25) is 0 Å². The van der Waals surface area contributed by atoms with Crippen molar-refractivity contribution in [3.8, 4) is 0 Å². The van der Waals surface area contributed by atoms with Gasteiger partial charge in [-0.25, -0.2) is 13.6 Å². The molecule has 0 aliphatic heterocycles. The van der Waals surface area contributed by atoms with E-state index < -0.39 is 27.9 Å². The summed E-state index contributed by atoms with van der Waals surface area (Å²) in [6.45, 7) is 2.72. The molecular formula is C11H13BrN2O5S. The lowest BCUT2D eigenvalue weighted by atomic mass is 10.1. The SMILES string of the molecule is Cc1c(C(=O)NC(C)C(=O)O)cc(Br)cc1S(N)(=O)=O. The van der Waals surface area contributed by atoms with Crippen LogP contribution in [0.15, 0.2) is 21.5 Å². The van der Waals surface area contributed by atoms with Crippen LogP contribution < -0.4 is 10.5 Å². The molecule has 1 aromatic rings. The first-order chi connectivity index (χ1) is 9.04. The standard InChI is InChI=1S/C11H13BrN2O5S/c1-5-8(10(15)14-6(2)11(16)17)3-7(12)4-9(5)20(13,18)19/h3-4,6H,1-2H3,(H,14,15)(H,16,17)(H2,13,18,19). The van der Waals surface area contributed by atoms with Crippen LogP contribution >= 0.6 is 15.9 Å². The van der Waals surface area contributed by atoms with Crippen molar-refractivity contribution in [2.45, 2.75) is 24.8 Å². The quantitative estimate of drug-likeness (QED) is 0.721. The third kappa shape index (κ3) is 3.78. The fourth-order valence-electron chi connectivity index (χ4n) is 1.52. The van der Waals surface area contributed by atoms with Crippen LogP contribution in [0.5, 0.6) is 0 Å². The number of benzene rings is 1. The number of nitrogens with one attached hydrogen (secondary N) is 1. The van der Waals surface area contributed by atoms with Crippen molar-refractivity contribution >= 4 is 37.8 Å². The zero-order valence-electron chi connectivity index (χ0n) is 10.7. The minimum Gasteiger partial charge on any atom is -0.480 e. The van der Waals surface area contributed by atoms with Gasteiger partial charge in [0.1, 0.15) is 6.04 Å². The van der Waals surface area contributed by atoms with E-state index >= 15 is 0 Å². The molecule has 0 saturated heterocycles. The van der Waals surface area contributed by atoms with E-state index in [-0.39, 0.29) is 16.0 Å². The average molecular weight is 365 g/mol. The van der Waals surface area contributed by atoms with Crippen molar-refractivity contribution in [1.82, 2.24) is 5.32 Å². The number of aliphatic carboxylic acids is 1. The Morgan fingerprint density at radius 1 is 1.40 bits per heavy atom. The van der Waals surface area contributed by atoms with Crippen molar-refractivity contribution in [1.29, 1.82) is 0 Å². The van der Waals surface area contributed by atoms with Gasteiger partial charge in [-0.15, -0.1) is 0 Å². The van der Waals surface area contributed by atoms with E-state index in [1.165, 1.54) is 26.0 Å². The molecule has 1 rings (SSSR count). The normalized spacial score (nSPS) is 12.8. The maximum atomic E-state index is 12.0. The smallest absolute Gasteiger partial charge is 0.325 e. The number of halogens is 1. The molecule has 0 spiro atoms. The first-order valence-corrected chi connectivity index (χ1v) is 7.74. The molecular weight excluding hydrogens is 352 g/mol. The number of carbonyl (C=O) groups excluding carboxylic acids is 1. The van der Waals surface area contributed by atoms with Crippen LogP contribution in [0.4, 0.5) is 0 Å². The second kappa shape index (κ2) is 5.90. The molecule has 0 saturated carbocycles. The molecule has 1 unspecified atom stereocenters. The van der Waals surface area contributed by atoms with Crippen LogP contribution in [-0.2, 0) is 14.8 Å². The molecule has 0 heterocycles. The number of carbonyl (C=O) groups is 2. The molecule has 7 nitrogen and oxygen atoms in total. The summed E-state index contributed by atoms with van der Waals surface area (Å²) < 4.78 is 23.2. The van der Waals surface area contributed by atoms with Crippen molar-refractivity contribution < 1.29 is 23.1 Å². The number of carboxylic acids is 1. The highest BCUT2D eigenvalue weighted by Crippen LogP contribution is 2.24. The summed E-state index contributed by atoms with van der Waals surface area (Å²) in [6, 6.07) is 1.58. The molecule has 1 aromatic carbocycles. The molecule has 9 heteroatoms. The lowest BCUT2D eigenvalue weighted by Crippen LogP contribution is -2.38. The van der Waals surface area contributed by atoms with E-state index in [0.29, 0.717) is 4.47 Å². The Labute approximate surface area is 124 Å². The van der Waals surface area contributed by atoms with E-state index in [2.05, 4.69) is 21.2 Å². The largest absolute Gasteiger partial charge is 0.480 e. The summed E-state index contributed by atoms with van der Waals surface area (Å²) in [5, 5.41) is 16.1. The highest BCUT2D eigenvalue weighted by Gasteiger charge is 2.21. The van der Waals surface area contributed by atoms with E-state index in [0.717, 1.165) is 0 Å². The summed E-state index contributed by atoms with van der Waals surface area (Å²) in [5.74, 6) is -1.89. The highest BCUT2D eigenvalue weighted by molar-refractivity contribution is 9.10. The third-order valence-corrected chi connectivity index (χ3v) is 4.09. The predicted octanol–water partition coefficient (Wildman–Crippen LogP) is 0.608. The molecule has 1 atom stereocenters. The summed E-state index contributed by atoms with van der Waals surface area (Å²) in [5.41, 5.74) is 0.197. The molecule has 1 amide bonds. The second-order valence-corrected chi connectivity index (χ2v) is 6.60. The van der Waals surface area contributed by atoms with Gasteiger partial charge in [-0.2, -0.15) is 0 Å². The fourth-order valence-corrected chi connectivity index (χ4v) is 2.96. The third-order valence-electron chi connectivity index (χ3n) is 2.59. The molecule has 0 aliphatic carbocycles. The summed E-state index contributed by atoms with van der Waals surface area (Å²) >= 11 is 3.09. The van der Waals surface area contributed by atoms with E-state index in [4.69, 9.17) is 10.2 Å².